The summed E-state index contributed by atoms with van der Waals surface area (Å²) in [5.74, 6) is 0. The van der Waals surface area contributed by atoms with Crippen molar-refractivity contribution in [3.05, 3.63) is 36.0 Å². The standard InChI is InChI=1S/C15H21N3O/c1-17-6-7-19-14(10-17)11-18-5-4-13-8-12(9-16)2-3-15(13)18/h2-5,8,14H,6-7,9-11,16H2,1H3. The molecule has 0 aliphatic carbocycles. The maximum Gasteiger partial charge on any atom is 0.0881 e. The van der Waals surface area contributed by atoms with E-state index in [2.05, 4.69) is 47.0 Å². The average Bonchev–Trinajstić information content (AvgIpc) is 2.81. The molecule has 0 spiro atoms. The van der Waals surface area contributed by atoms with Gasteiger partial charge in [0.15, 0.2) is 0 Å². The maximum absolute atomic E-state index is 5.83. The fourth-order valence-electron chi connectivity index (χ4n) is 2.73. The highest BCUT2D eigenvalue weighted by Gasteiger charge is 2.18. The molecule has 1 unspecified atom stereocenters. The van der Waals surface area contributed by atoms with Crippen molar-refractivity contribution < 1.29 is 4.74 Å². The second-order valence-electron chi connectivity index (χ2n) is 5.32. The quantitative estimate of drug-likeness (QED) is 0.907. The lowest BCUT2D eigenvalue weighted by Gasteiger charge is -2.30. The summed E-state index contributed by atoms with van der Waals surface area (Å²) in [4.78, 5) is 2.33. The smallest absolute Gasteiger partial charge is 0.0881 e. The van der Waals surface area contributed by atoms with Gasteiger partial charge >= 0.3 is 0 Å². The molecule has 102 valence electrons. The highest BCUT2D eigenvalue weighted by Crippen LogP contribution is 2.19. The topological polar surface area (TPSA) is 43.4 Å². The van der Waals surface area contributed by atoms with Crippen molar-refractivity contribution >= 4 is 10.9 Å². The van der Waals surface area contributed by atoms with Crippen LogP contribution in [0.2, 0.25) is 0 Å². The van der Waals surface area contributed by atoms with Gasteiger partial charge in [-0.05, 0) is 36.2 Å². The number of fused-ring (bicyclic) bond motifs is 1. The van der Waals surface area contributed by atoms with Gasteiger partial charge in [-0.15, -0.1) is 0 Å². The number of rotatable bonds is 3. The van der Waals surface area contributed by atoms with Crippen molar-refractivity contribution in [1.82, 2.24) is 9.47 Å². The van der Waals surface area contributed by atoms with Crippen LogP contribution in [0.15, 0.2) is 30.5 Å². The largest absolute Gasteiger partial charge is 0.374 e. The first kappa shape index (κ1) is 12.7. The molecule has 4 nitrogen and oxygen atoms in total. The van der Waals surface area contributed by atoms with Gasteiger partial charge in [0.25, 0.3) is 0 Å². The summed E-state index contributed by atoms with van der Waals surface area (Å²) in [5, 5.41) is 1.26. The number of morpholine rings is 1. The van der Waals surface area contributed by atoms with Gasteiger partial charge in [0.05, 0.1) is 19.3 Å². The van der Waals surface area contributed by atoms with Crippen molar-refractivity contribution in [2.75, 3.05) is 26.7 Å². The van der Waals surface area contributed by atoms with Gasteiger partial charge in [0.2, 0.25) is 0 Å². The van der Waals surface area contributed by atoms with E-state index in [1.54, 1.807) is 0 Å². The molecule has 1 atom stereocenters. The molecule has 19 heavy (non-hydrogen) atoms. The molecular weight excluding hydrogens is 238 g/mol. The van der Waals surface area contributed by atoms with Crippen molar-refractivity contribution in [3.63, 3.8) is 0 Å². The number of hydrogen-bond donors (Lipinski definition) is 1. The molecule has 1 aliphatic rings. The number of hydrogen-bond acceptors (Lipinski definition) is 3. The van der Waals surface area contributed by atoms with Gasteiger partial charge in [-0.2, -0.15) is 0 Å². The minimum Gasteiger partial charge on any atom is -0.374 e. The van der Waals surface area contributed by atoms with Crippen LogP contribution in [0.4, 0.5) is 0 Å². The lowest BCUT2D eigenvalue weighted by atomic mass is 10.1. The van der Waals surface area contributed by atoms with Crippen LogP contribution in [-0.2, 0) is 17.8 Å². The molecule has 1 aromatic carbocycles. The Morgan fingerprint density at radius 2 is 2.26 bits per heavy atom. The predicted molar refractivity (Wildman–Crippen MR) is 77.1 cm³/mol. The number of ether oxygens (including phenoxy) is 1. The van der Waals surface area contributed by atoms with Gasteiger partial charge in [0, 0.05) is 31.3 Å². The average molecular weight is 259 g/mol. The molecule has 1 fully saturated rings. The molecule has 0 bridgehead atoms. The second-order valence-corrected chi connectivity index (χ2v) is 5.32. The SMILES string of the molecule is CN1CCOC(Cn2ccc3cc(CN)ccc32)C1. The first-order chi connectivity index (χ1) is 9.26. The molecule has 2 N–H and O–H groups in total. The Kier molecular flexibility index (Phi) is 3.55. The lowest BCUT2D eigenvalue weighted by molar-refractivity contribution is -0.0269. The predicted octanol–water partition coefficient (Wildman–Crippen LogP) is 1.43. The highest BCUT2D eigenvalue weighted by atomic mass is 16.5. The monoisotopic (exact) mass is 259 g/mol. The van der Waals surface area contributed by atoms with Gasteiger partial charge < -0.3 is 19.9 Å². The minimum absolute atomic E-state index is 0.281. The molecule has 3 rings (SSSR count). The zero-order valence-corrected chi connectivity index (χ0v) is 11.4. The Labute approximate surface area is 113 Å². The summed E-state index contributed by atoms with van der Waals surface area (Å²) in [5.41, 5.74) is 8.12. The van der Waals surface area contributed by atoms with Crippen LogP contribution in [-0.4, -0.2) is 42.3 Å². The summed E-state index contributed by atoms with van der Waals surface area (Å²) in [6, 6.07) is 8.58. The van der Waals surface area contributed by atoms with E-state index < -0.39 is 0 Å². The zero-order valence-electron chi connectivity index (χ0n) is 11.4. The summed E-state index contributed by atoms with van der Waals surface area (Å²) < 4.78 is 8.11. The summed E-state index contributed by atoms with van der Waals surface area (Å²) in [7, 11) is 2.15. The van der Waals surface area contributed by atoms with Crippen LogP contribution >= 0.6 is 0 Å². The third-order valence-corrected chi connectivity index (χ3v) is 3.81. The van der Waals surface area contributed by atoms with E-state index in [0.29, 0.717) is 6.54 Å². The molecule has 0 amide bonds. The molecule has 1 aromatic heterocycles. The lowest BCUT2D eigenvalue weighted by Crippen LogP contribution is -2.41. The van der Waals surface area contributed by atoms with E-state index >= 15 is 0 Å². The fraction of sp³-hybridized carbons (Fsp3) is 0.467. The van der Waals surface area contributed by atoms with E-state index in [9.17, 15) is 0 Å². The van der Waals surface area contributed by atoms with E-state index in [1.165, 1.54) is 16.5 Å². The van der Waals surface area contributed by atoms with Crippen molar-refractivity contribution in [2.45, 2.75) is 19.2 Å². The van der Waals surface area contributed by atoms with Crippen LogP contribution in [0.3, 0.4) is 0 Å². The van der Waals surface area contributed by atoms with Crippen molar-refractivity contribution in [3.8, 4) is 0 Å². The van der Waals surface area contributed by atoms with Crippen molar-refractivity contribution in [2.24, 2.45) is 5.73 Å². The molecule has 2 aromatic rings. The van der Waals surface area contributed by atoms with Gasteiger partial charge in [-0.3, -0.25) is 0 Å². The van der Waals surface area contributed by atoms with E-state index in [4.69, 9.17) is 10.5 Å². The molecule has 0 saturated carbocycles. The van der Waals surface area contributed by atoms with Crippen LogP contribution in [0, 0.1) is 0 Å². The fourth-order valence-corrected chi connectivity index (χ4v) is 2.73. The van der Waals surface area contributed by atoms with E-state index in [0.717, 1.165) is 26.2 Å². The molecule has 1 aliphatic heterocycles. The first-order valence-corrected chi connectivity index (χ1v) is 6.84. The first-order valence-electron chi connectivity index (χ1n) is 6.84. The maximum atomic E-state index is 5.83. The van der Waals surface area contributed by atoms with Crippen LogP contribution in [0.1, 0.15) is 5.56 Å². The zero-order chi connectivity index (χ0) is 13.2. The van der Waals surface area contributed by atoms with Gasteiger partial charge in [-0.25, -0.2) is 0 Å². The second kappa shape index (κ2) is 5.33. The van der Waals surface area contributed by atoms with Crippen LogP contribution in [0.25, 0.3) is 10.9 Å². The third kappa shape index (κ3) is 2.66. The normalized spacial score (nSPS) is 21.1. The highest BCUT2D eigenvalue weighted by molar-refractivity contribution is 5.80. The minimum atomic E-state index is 0.281. The summed E-state index contributed by atoms with van der Waals surface area (Å²) >= 11 is 0. The van der Waals surface area contributed by atoms with Crippen LogP contribution in [0.5, 0.6) is 0 Å². The van der Waals surface area contributed by atoms with Crippen molar-refractivity contribution in [1.29, 1.82) is 0 Å². The Balaban J connectivity index is 1.81. The molecule has 2 heterocycles. The molecule has 4 heteroatoms. The molecule has 0 radical (unpaired) electrons. The molecule has 1 saturated heterocycles. The number of aromatic nitrogens is 1. The molecular formula is C15H21N3O. The number of likely N-dealkylation sites (N-methyl/N-ethyl adjacent to an activating group) is 1. The Bertz CT molecular complexity index is 564. The summed E-state index contributed by atoms with van der Waals surface area (Å²) in [6.45, 7) is 4.37. The van der Waals surface area contributed by atoms with E-state index in [1.807, 2.05) is 0 Å². The van der Waals surface area contributed by atoms with E-state index in [-0.39, 0.29) is 6.10 Å². The van der Waals surface area contributed by atoms with Crippen LogP contribution < -0.4 is 5.73 Å². The number of nitrogens with zero attached hydrogens (tertiary/aromatic N) is 2. The Morgan fingerprint density at radius 3 is 3.05 bits per heavy atom. The van der Waals surface area contributed by atoms with Gasteiger partial charge in [0.1, 0.15) is 0 Å². The third-order valence-electron chi connectivity index (χ3n) is 3.81. The van der Waals surface area contributed by atoms with Gasteiger partial charge in [-0.1, -0.05) is 6.07 Å². The Morgan fingerprint density at radius 1 is 1.37 bits per heavy atom. The summed E-state index contributed by atoms with van der Waals surface area (Å²) in [6.07, 6.45) is 2.42. The Hall–Kier alpha value is -1.36. The number of nitrogens with two attached hydrogens (primary N) is 1. The number of benzene rings is 1.